The van der Waals surface area contributed by atoms with E-state index in [9.17, 15) is 49.4 Å². The van der Waals surface area contributed by atoms with Crippen molar-refractivity contribution in [1.82, 2.24) is 0 Å². The van der Waals surface area contributed by atoms with Gasteiger partial charge in [-0.1, -0.05) is 26.2 Å². The van der Waals surface area contributed by atoms with Crippen LogP contribution >= 0.6 is 0 Å². The Labute approximate surface area is 201 Å². The summed E-state index contributed by atoms with van der Waals surface area (Å²) in [5, 5.41) is 9.85. The lowest BCUT2D eigenvalue weighted by atomic mass is 9.63. The quantitative estimate of drug-likeness (QED) is 0.300. The van der Waals surface area contributed by atoms with Crippen LogP contribution in [0.1, 0.15) is 59.3 Å². The van der Waals surface area contributed by atoms with Crippen molar-refractivity contribution in [2.75, 3.05) is 0 Å². The van der Waals surface area contributed by atoms with Gasteiger partial charge in [-0.15, -0.1) is 0 Å². The zero-order valence-electron chi connectivity index (χ0n) is 19.4. The fourth-order valence-electron chi connectivity index (χ4n) is 4.57. The number of esters is 1. The summed E-state index contributed by atoms with van der Waals surface area (Å²) < 4.78 is 196. The molecule has 4 nitrogen and oxygen atoms in total. The highest BCUT2D eigenvalue weighted by Gasteiger charge is 3.03. The first kappa shape index (κ1) is 31.7. The molecule has 2 rings (SSSR count). The first-order chi connectivity index (χ1) is 16.3. The fraction of sp³-hybridized carbons (Fsp3) is 0.950. The predicted molar refractivity (Wildman–Crippen MR) is 96.3 cm³/mol. The molecule has 17 heteroatoms. The van der Waals surface area contributed by atoms with E-state index in [1.807, 2.05) is 0 Å². The van der Waals surface area contributed by atoms with E-state index >= 15 is 17.6 Å². The van der Waals surface area contributed by atoms with Crippen LogP contribution in [0, 0.1) is 11.3 Å². The summed E-state index contributed by atoms with van der Waals surface area (Å²) >= 11 is 0. The molecule has 0 amide bonds. The summed E-state index contributed by atoms with van der Waals surface area (Å²) in [5.41, 5.74) is -15.5. The standard InChI is InChI=1S/C20H23F13O4/c1-4-12(2,3)11(34)36-14(19(28,29)30)15(21,22)13(18(25,26)27,10-8-6-5-7-9-10)37-17(35,16(14,23)24)20(31,32)33/h10,35H,4-9H2,1-3H3. The van der Waals surface area contributed by atoms with Crippen LogP contribution in [0.2, 0.25) is 0 Å². The van der Waals surface area contributed by atoms with E-state index in [2.05, 4.69) is 9.47 Å². The molecule has 3 unspecified atom stereocenters. The Bertz CT molecular complexity index is 873. The van der Waals surface area contributed by atoms with Gasteiger partial charge >= 0.3 is 47.7 Å². The van der Waals surface area contributed by atoms with Crippen LogP contribution in [0.3, 0.4) is 0 Å². The number of rotatable bonds is 4. The molecule has 0 radical (unpaired) electrons. The maximum Gasteiger partial charge on any atom is 0.449 e. The van der Waals surface area contributed by atoms with E-state index in [0.717, 1.165) is 6.92 Å². The van der Waals surface area contributed by atoms with Gasteiger partial charge in [-0.2, -0.15) is 57.1 Å². The van der Waals surface area contributed by atoms with Crippen molar-refractivity contribution in [3.8, 4) is 0 Å². The molecule has 2 fully saturated rings. The van der Waals surface area contributed by atoms with Gasteiger partial charge in [0, 0.05) is 5.92 Å². The maximum absolute atomic E-state index is 15.9. The number of carbonyl (C=O) groups is 1. The average molecular weight is 574 g/mol. The number of hydrogen-bond donors (Lipinski definition) is 1. The van der Waals surface area contributed by atoms with Gasteiger partial charge in [0.2, 0.25) is 5.60 Å². The Morgan fingerprint density at radius 1 is 0.838 bits per heavy atom. The lowest BCUT2D eigenvalue weighted by Crippen LogP contribution is -2.92. The smallest absolute Gasteiger partial charge is 0.436 e. The van der Waals surface area contributed by atoms with Crippen molar-refractivity contribution in [2.24, 2.45) is 11.3 Å². The molecule has 3 atom stereocenters. The molecule has 1 saturated carbocycles. The van der Waals surface area contributed by atoms with E-state index in [4.69, 9.17) is 0 Å². The van der Waals surface area contributed by atoms with Gasteiger partial charge in [0.15, 0.2) is 0 Å². The minimum absolute atomic E-state index is 0.0276. The van der Waals surface area contributed by atoms with Crippen LogP contribution in [0.4, 0.5) is 57.1 Å². The summed E-state index contributed by atoms with van der Waals surface area (Å²) in [5.74, 6) is -27.0. The number of alkyl halides is 13. The van der Waals surface area contributed by atoms with Gasteiger partial charge in [-0.05, 0) is 33.1 Å². The number of ether oxygens (including phenoxy) is 2. The van der Waals surface area contributed by atoms with Crippen LogP contribution < -0.4 is 0 Å². The largest absolute Gasteiger partial charge is 0.449 e. The summed E-state index contributed by atoms with van der Waals surface area (Å²) in [6.07, 6.45) is -25.3. The molecule has 1 aliphatic heterocycles. The Morgan fingerprint density at radius 2 is 1.30 bits per heavy atom. The van der Waals surface area contributed by atoms with E-state index in [1.54, 1.807) is 0 Å². The van der Waals surface area contributed by atoms with Crippen molar-refractivity contribution in [3.63, 3.8) is 0 Å². The normalized spacial score (nSPS) is 33.8. The third-order valence-electron chi connectivity index (χ3n) is 7.15. The highest BCUT2D eigenvalue weighted by atomic mass is 19.4. The molecule has 0 spiro atoms. The molecular formula is C20H23F13O4. The summed E-state index contributed by atoms with van der Waals surface area (Å²) in [6, 6.07) is 0. The molecular weight excluding hydrogens is 551 g/mol. The van der Waals surface area contributed by atoms with Crippen molar-refractivity contribution in [3.05, 3.63) is 0 Å². The van der Waals surface area contributed by atoms with Gasteiger partial charge in [-0.3, -0.25) is 4.79 Å². The summed E-state index contributed by atoms with van der Waals surface area (Å²) in [6.45, 7) is 2.36. The van der Waals surface area contributed by atoms with Crippen molar-refractivity contribution in [1.29, 1.82) is 0 Å². The minimum Gasteiger partial charge on any atom is -0.436 e. The zero-order valence-corrected chi connectivity index (χ0v) is 19.4. The molecule has 1 N–H and O–H groups in total. The molecule has 0 aromatic rings. The monoisotopic (exact) mass is 574 g/mol. The van der Waals surface area contributed by atoms with Crippen molar-refractivity contribution in [2.45, 2.75) is 107 Å². The number of carbonyl (C=O) groups excluding carboxylic acids is 1. The SMILES string of the molecule is CCC(C)(C)C(=O)OC1(C(F)(F)F)C(F)(F)C(O)(C(F)(F)F)OC(C2CCCCC2)(C(F)(F)F)C1(F)F. The second-order valence-electron chi connectivity index (χ2n) is 9.77. The average Bonchev–Trinajstić information content (AvgIpc) is 2.71. The van der Waals surface area contributed by atoms with Gasteiger partial charge in [0.25, 0.3) is 0 Å². The molecule has 0 aromatic heterocycles. The lowest BCUT2D eigenvalue weighted by Gasteiger charge is -2.62. The number of aliphatic hydroxyl groups is 1. The Hall–Kier alpha value is -1.52. The maximum atomic E-state index is 15.9. The second kappa shape index (κ2) is 8.74. The van der Waals surface area contributed by atoms with Crippen LogP contribution in [-0.2, 0) is 14.3 Å². The van der Waals surface area contributed by atoms with Gasteiger partial charge in [0.05, 0.1) is 5.41 Å². The fourth-order valence-corrected chi connectivity index (χ4v) is 4.57. The van der Waals surface area contributed by atoms with Crippen molar-refractivity contribution < 1.29 is 76.5 Å². The van der Waals surface area contributed by atoms with Gasteiger partial charge in [0.1, 0.15) is 0 Å². The number of hydrogen-bond acceptors (Lipinski definition) is 4. The topological polar surface area (TPSA) is 55.8 Å². The molecule has 0 aromatic carbocycles. The molecule has 1 heterocycles. The molecule has 37 heavy (non-hydrogen) atoms. The van der Waals surface area contributed by atoms with E-state index in [0.29, 0.717) is 13.8 Å². The second-order valence-corrected chi connectivity index (χ2v) is 9.77. The lowest BCUT2D eigenvalue weighted by molar-refractivity contribution is -0.585. The van der Waals surface area contributed by atoms with E-state index in [-0.39, 0.29) is 6.42 Å². The first-order valence-corrected chi connectivity index (χ1v) is 10.9. The summed E-state index contributed by atoms with van der Waals surface area (Å²) in [7, 11) is 0. The molecule has 1 aliphatic carbocycles. The van der Waals surface area contributed by atoms with E-state index < -0.39 is 96.8 Å². The van der Waals surface area contributed by atoms with Crippen LogP contribution in [0.25, 0.3) is 0 Å². The molecule has 2 aliphatic rings. The Morgan fingerprint density at radius 3 is 1.65 bits per heavy atom. The van der Waals surface area contributed by atoms with Crippen LogP contribution in [0.15, 0.2) is 0 Å². The minimum atomic E-state index is -7.51. The third kappa shape index (κ3) is 3.99. The highest BCUT2D eigenvalue weighted by molar-refractivity contribution is 5.76. The highest BCUT2D eigenvalue weighted by Crippen LogP contribution is 2.72. The van der Waals surface area contributed by atoms with Crippen molar-refractivity contribution >= 4 is 5.97 Å². The number of halogens is 13. The third-order valence-corrected chi connectivity index (χ3v) is 7.15. The summed E-state index contributed by atoms with van der Waals surface area (Å²) in [4.78, 5) is 12.4. The van der Waals surface area contributed by atoms with Crippen LogP contribution in [0.5, 0.6) is 0 Å². The van der Waals surface area contributed by atoms with Gasteiger partial charge in [-0.25, -0.2) is 0 Å². The molecule has 218 valence electrons. The Kier molecular flexibility index (Phi) is 7.49. The zero-order chi connectivity index (χ0) is 29.3. The Balaban J connectivity index is 3.17. The van der Waals surface area contributed by atoms with E-state index in [1.165, 1.54) is 0 Å². The van der Waals surface area contributed by atoms with Gasteiger partial charge < -0.3 is 14.6 Å². The first-order valence-electron chi connectivity index (χ1n) is 10.9. The predicted octanol–water partition coefficient (Wildman–Crippen LogP) is 6.70. The van der Waals surface area contributed by atoms with Crippen LogP contribution in [-0.4, -0.2) is 58.4 Å². The molecule has 1 saturated heterocycles. The molecule has 0 bridgehead atoms.